The summed E-state index contributed by atoms with van der Waals surface area (Å²) in [5.74, 6) is 0.0956. The van der Waals surface area contributed by atoms with Crippen molar-refractivity contribution in [3.8, 4) is 0 Å². The minimum atomic E-state index is -3.64. The van der Waals surface area contributed by atoms with Gasteiger partial charge >= 0.3 is 0 Å². The maximum absolute atomic E-state index is 11.9. The number of hydrogen-bond acceptors (Lipinski definition) is 4. The maximum Gasteiger partial charge on any atom is 0.260 e. The molecule has 6 nitrogen and oxygen atoms in total. The molecule has 0 saturated heterocycles. The molecule has 1 aromatic rings. The molecule has 0 bridgehead atoms. The van der Waals surface area contributed by atoms with Crippen molar-refractivity contribution in [2.45, 2.75) is 30.9 Å². The van der Waals surface area contributed by atoms with Gasteiger partial charge in [-0.05, 0) is 13.8 Å². The largest absolute Gasteiger partial charge is 0.380 e. The molecule has 0 amide bonds. The lowest BCUT2D eigenvalue weighted by atomic mass is 10.3. The second-order valence-electron chi connectivity index (χ2n) is 3.66. The molecule has 0 aliphatic heterocycles. The summed E-state index contributed by atoms with van der Waals surface area (Å²) >= 11 is 5.70. The van der Waals surface area contributed by atoms with Crippen molar-refractivity contribution in [1.29, 1.82) is 0 Å². The van der Waals surface area contributed by atoms with Crippen LogP contribution < -0.4 is 4.72 Å². The maximum atomic E-state index is 11.9. The number of ether oxygens (including phenoxy) is 1. The first-order valence-electron chi connectivity index (χ1n) is 5.04. The first kappa shape index (κ1) is 14.4. The zero-order valence-electron chi connectivity index (χ0n) is 9.95. The summed E-state index contributed by atoms with van der Waals surface area (Å²) in [6, 6.07) is 0. The standard InChI is InChI=1S/C9H16ClN3O3S/c1-6(16-3)5-11-17(14,15)9-8(4-10)7(2)12-13-9/h6,11H,4-5H2,1-3H3,(H,12,13). The predicted molar refractivity (Wildman–Crippen MR) is 64.5 cm³/mol. The van der Waals surface area contributed by atoms with E-state index in [-0.39, 0.29) is 23.6 Å². The molecule has 0 aromatic carbocycles. The fraction of sp³-hybridized carbons (Fsp3) is 0.667. The van der Waals surface area contributed by atoms with Crippen molar-refractivity contribution in [3.05, 3.63) is 11.3 Å². The summed E-state index contributed by atoms with van der Waals surface area (Å²) < 4.78 is 31.3. The van der Waals surface area contributed by atoms with Gasteiger partial charge in [-0.15, -0.1) is 11.6 Å². The van der Waals surface area contributed by atoms with Crippen LogP contribution in [0.15, 0.2) is 5.03 Å². The zero-order valence-corrected chi connectivity index (χ0v) is 11.5. The van der Waals surface area contributed by atoms with Crippen LogP contribution in [0.5, 0.6) is 0 Å². The number of sulfonamides is 1. The molecular weight excluding hydrogens is 266 g/mol. The van der Waals surface area contributed by atoms with E-state index in [1.54, 1.807) is 13.8 Å². The average molecular weight is 282 g/mol. The van der Waals surface area contributed by atoms with E-state index in [1.165, 1.54) is 7.11 Å². The van der Waals surface area contributed by atoms with Crippen molar-refractivity contribution < 1.29 is 13.2 Å². The van der Waals surface area contributed by atoms with Gasteiger partial charge in [-0.3, -0.25) is 5.10 Å². The average Bonchev–Trinajstić information content (AvgIpc) is 2.68. The third-order valence-corrected chi connectivity index (χ3v) is 4.05. The molecule has 0 radical (unpaired) electrons. The molecule has 1 unspecified atom stereocenters. The number of methoxy groups -OCH3 is 1. The molecule has 0 aliphatic carbocycles. The van der Waals surface area contributed by atoms with E-state index >= 15 is 0 Å². The van der Waals surface area contributed by atoms with Gasteiger partial charge in [0.1, 0.15) is 0 Å². The fourth-order valence-electron chi connectivity index (χ4n) is 1.19. The summed E-state index contributed by atoms with van der Waals surface area (Å²) in [4.78, 5) is 0. The van der Waals surface area contributed by atoms with Crippen molar-refractivity contribution >= 4 is 21.6 Å². The number of nitrogens with zero attached hydrogens (tertiary/aromatic N) is 1. The second-order valence-corrected chi connectivity index (χ2v) is 5.61. The topological polar surface area (TPSA) is 84.1 Å². The third kappa shape index (κ3) is 3.41. The Morgan fingerprint density at radius 2 is 2.24 bits per heavy atom. The minimum Gasteiger partial charge on any atom is -0.380 e. The summed E-state index contributed by atoms with van der Waals surface area (Å²) in [6.45, 7) is 3.68. The molecule has 98 valence electrons. The molecule has 0 fully saturated rings. The van der Waals surface area contributed by atoms with Gasteiger partial charge in [0.05, 0.1) is 12.0 Å². The van der Waals surface area contributed by atoms with Crippen LogP contribution in [0.4, 0.5) is 0 Å². The molecule has 8 heteroatoms. The summed E-state index contributed by atoms with van der Waals surface area (Å²) in [7, 11) is -2.13. The summed E-state index contributed by atoms with van der Waals surface area (Å²) in [6.07, 6.45) is -0.204. The van der Waals surface area contributed by atoms with Gasteiger partial charge in [0, 0.05) is 24.9 Å². The van der Waals surface area contributed by atoms with E-state index < -0.39 is 10.0 Å². The van der Waals surface area contributed by atoms with E-state index in [4.69, 9.17) is 16.3 Å². The highest BCUT2D eigenvalue weighted by molar-refractivity contribution is 7.89. The van der Waals surface area contributed by atoms with Crippen molar-refractivity contribution in [3.63, 3.8) is 0 Å². The molecule has 0 spiro atoms. The lowest BCUT2D eigenvalue weighted by Gasteiger charge is -2.10. The van der Waals surface area contributed by atoms with Crippen LogP contribution in [-0.2, 0) is 20.6 Å². The van der Waals surface area contributed by atoms with E-state index in [1.807, 2.05) is 0 Å². The highest BCUT2D eigenvalue weighted by Crippen LogP contribution is 2.17. The number of hydrogen-bond donors (Lipinski definition) is 2. The number of nitrogens with one attached hydrogen (secondary N) is 2. The monoisotopic (exact) mass is 281 g/mol. The Balaban J connectivity index is 2.90. The number of aromatic amines is 1. The van der Waals surface area contributed by atoms with Gasteiger partial charge in [-0.1, -0.05) is 0 Å². The van der Waals surface area contributed by atoms with Gasteiger partial charge in [0.25, 0.3) is 10.0 Å². The number of alkyl halides is 1. The second kappa shape index (κ2) is 5.81. The Hall–Kier alpha value is -0.630. The van der Waals surface area contributed by atoms with Crippen LogP contribution in [-0.4, -0.2) is 38.4 Å². The minimum absolute atomic E-state index is 0.0479. The molecule has 17 heavy (non-hydrogen) atoms. The first-order chi connectivity index (χ1) is 7.92. The Bertz CT molecular complexity index is 472. The van der Waals surface area contributed by atoms with Gasteiger partial charge in [-0.2, -0.15) is 5.10 Å². The van der Waals surface area contributed by atoms with Crippen LogP contribution in [0, 0.1) is 6.92 Å². The Morgan fingerprint density at radius 3 is 2.76 bits per heavy atom. The number of H-pyrrole nitrogens is 1. The normalized spacial score (nSPS) is 13.9. The SMILES string of the molecule is COC(C)CNS(=O)(=O)c1n[nH]c(C)c1CCl. The summed E-state index contributed by atoms with van der Waals surface area (Å²) in [5.41, 5.74) is 1.14. The fourth-order valence-corrected chi connectivity index (χ4v) is 2.90. The van der Waals surface area contributed by atoms with Crippen molar-refractivity contribution in [1.82, 2.24) is 14.9 Å². The summed E-state index contributed by atoms with van der Waals surface area (Å²) in [5, 5.41) is 6.32. The van der Waals surface area contributed by atoms with E-state index in [9.17, 15) is 8.42 Å². The number of aromatic nitrogens is 2. The molecule has 0 aliphatic rings. The molecule has 0 saturated carbocycles. The van der Waals surface area contributed by atoms with Gasteiger partial charge in [0.15, 0.2) is 5.03 Å². The van der Waals surface area contributed by atoms with Crippen LogP contribution in [0.2, 0.25) is 0 Å². The predicted octanol–water partition coefficient (Wildman–Crippen LogP) is 0.770. The highest BCUT2D eigenvalue weighted by atomic mass is 35.5. The number of rotatable bonds is 6. The number of halogens is 1. The lowest BCUT2D eigenvalue weighted by Crippen LogP contribution is -2.32. The molecule has 2 N–H and O–H groups in total. The Kier molecular flexibility index (Phi) is 4.93. The Labute approximate surface area is 106 Å². The van der Waals surface area contributed by atoms with Crippen LogP contribution >= 0.6 is 11.6 Å². The van der Waals surface area contributed by atoms with E-state index in [0.29, 0.717) is 11.3 Å². The van der Waals surface area contributed by atoms with Crippen LogP contribution in [0.25, 0.3) is 0 Å². The van der Waals surface area contributed by atoms with Gasteiger partial charge < -0.3 is 4.74 Å². The molecular formula is C9H16ClN3O3S. The molecule has 1 heterocycles. The molecule has 1 aromatic heterocycles. The van der Waals surface area contributed by atoms with E-state index in [2.05, 4.69) is 14.9 Å². The lowest BCUT2D eigenvalue weighted by molar-refractivity contribution is 0.122. The van der Waals surface area contributed by atoms with Crippen LogP contribution in [0.1, 0.15) is 18.2 Å². The van der Waals surface area contributed by atoms with Crippen LogP contribution in [0.3, 0.4) is 0 Å². The highest BCUT2D eigenvalue weighted by Gasteiger charge is 2.23. The zero-order chi connectivity index (χ0) is 13.1. The van der Waals surface area contributed by atoms with Crippen molar-refractivity contribution in [2.75, 3.05) is 13.7 Å². The third-order valence-electron chi connectivity index (χ3n) is 2.39. The molecule has 1 rings (SSSR count). The first-order valence-corrected chi connectivity index (χ1v) is 7.06. The van der Waals surface area contributed by atoms with Gasteiger partial charge in [-0.25, -0.2) is 13.1 Å². The quantitative estimate of drug-likeness (QED) is 0.755. The number of aryl methyl sites for hydroxylation is 1. The van der Waals surface area contributed by atoms with Gasteiger partial charge in [0.2, 0.25) is 0 Å². The smallest absolute Gasteiger partial charge is 0.260 e. The van der Waals surface area contributed by atoms with Crippen molar-refractivity contribution in [2.24, 2.45) is 0 Å². The molecule has 1 atom stereocenters. The Morgan fingerprint density at radius 1 is 1.59 bits per heavy atom. The van der Waals surface area contributed by atoms with E-state index in [0.717, 1.165) is 0 Å².